The Morgan fingerprint density at radius 3 is 1.92 bits per heavy atom. The third kappa shape index (κ3) is 7.07. The lowest BCUT2D eigenvalue weighted by atomic mass is 10.4. The molecule has 74 valence electrons. The van der Waals surface area contributed by atoms with E-state index in [2.05, 4.69) is 29.8 Å². The molecule has 0 atom stereocenters. The van der Waals surface area contributed by atoms with Gasteiger partial charge in [-0.05, 0) is 12.8 Å². The minimum absolute atomic E-state index is 0.00993. The Balaban J connectivity index is 3.40. The van der Waals surface area contributed by atoms with Crippen LogP contribution in [0.3, 0.4) is 0 Å². The predicted molar refractivity (Wildman–Crippen MR) is 54.7 cm³/mol. The van der Waals surface area contributed by atoms with Gasteiger partial charge in [0.15, 0.2) is 6.29 Å². The van der Waals surface area contributed by atoms with Crippen molar-refractivity contribution in [2.45, 2.75) is 39.4 Å². The molecule has 0 bridgehead atoms. The standard InChI is InChI=1S/C9H19BrO2/c1-3-7-11-9(5-6-10)12-8-4-2/h9H,3-8H2,1-2H3. The van der Waals surface area contributed by atoms with Crippen LogP contribution < -0.4 is 0 Å². The fourth-order valence-electron chi connectivity index (χ4n) is 0.802. The molecule has 0 amide bonds. The van der Waals surface area contributed by atoms with Crippen molar-refractivity contribution < 1.29 is 9.47 Å². The Hall–Kier alpha value is 0.400. The first-order valence-electron chi connectivity index (χ1n) is 4.64. The molecular weight excluding hydrogens is 220 g/mol. The smallest absolute Gasteiger partial charge is 0.158 e. The second kappa shape index (κ2) is 9.49. The van der Waals surface area contributed by atoms with E-state index in [1.54, 1.807) is 0 Å². The first-order valence-corrected chi connectivity index (χ1v) is 5.76. The Morgan fingerprint density at radius 2 is 1.58 bits per heavy atom. The molecule has 0 rings (SSSR count). The van der Waals surface area contributed by atoms with Crippen LogP contribution in [0.25, 0.3) is 0 Å². The third-order valence-electron chi connectivity index (χ3n) is 1.36. The Bertz CT molecular complexity index is 80.6. The van der Waals surface area contributed by atoms with Crippen molar-refractivity contribution in [3.63, 3.8) is 0 Å². The molecule has 0 aromatic heterocycles. The first kappa shape index (κ1) is 12.4. The summed E-state index contributed by atoms with van der Waals surface area (Å²) in [6.45, 7) is 5.79. The van der Waals surface area contributed by atoms with Gasteiger partial charge in [0.1, 0.15) is 0 Å². The summed E-state index contributed by atoms with van der Waals surface area (Å²) in [4.78, 5) is 0. The van der Waals surface area contributed by atoms with Gasteiger partial charge < -0.3 is 9.47 Å². The summed E-state index contributed by atoms with van der Waals surface area (Å²) in [5, 5.41) is 0.936. The van der Waals surface area contributed by atoms with Gasteiger partial charge in [-0.15, -0.1) is 0 Å². The van der Waals surface area contributed by atoms with E-state index in [-0.39, 0.29) is 6.29 Å². The van der Waals surface area contributed by atoms with E-state index in [4.69, 9.17) is 9.47 Å². The molecule has 0 aliphatic carbocycles. The van der Waals surface area contributed by atoms with E-state index in [9.17, 15) is 0 Å². The van der Waals surface area contributed by atoms with Crippen LogP contribution in [0.2, 0.25) is 0 Å². The van der Waals surface area contributed by atoms with Crippen molar-refractivity contribution in [2.24, 2.45) is 0 Å². The molecule has 0 saturated carbocycles. The average Bonchev–Trinajstić information content (AvgIpc) is 2.10. The fourth-order valence-corrected chi connectivity index (χ4v) is 1.18. The van der Waals surface area contributed by atoms with Crippen molar-refractivity contribution >= 4 is 15.9 Å². The second-order valence-electron chi connectivity index (χ2n) is 2.65. The van der Waals surface area contributed by atoms with Gasteiger partial charge in [0.05, 0.1) is 0 Å². The number of alkyl halides is 1. The predicted octanol–water partition coefficient (Wildman–Crippen LogP) is 2.95. The van der Waals surface area contributed by atoms with Gasteiger partial charge in [-0.3, -0.25) is 0 Å². The summed E-state index contributed by atoms with van der Waals surface area (Å²) in [6, 6.07) is 0. The summed E-state index contributed by atoms with van der Waals surface area (Å²) < 4.78 is 11.0. The normalized spacial score (nSPS) is 11.0. The summed E-state index contributed by atoms with van der Waals surface area (Å²) in [7, 11) is 0. The quantitative estimate of drug-likeness (QED) is 0.479. The molecular formula is C9H19BrO2. The maximum absolute atomic E-state index is 5.48. The highest BCUT2D eigenvalue weighted by molar-refractivity contribution is 9.09. The molecule has 3 heteroatoms. The lowest BCUT2D eigenvalue weighted by molar-refractivity contribution is -0.142. The Kier molecular flexibility index (Phi) is 9.80. The highest BCUT2D eigenvalue weighted by Gasteiger charge is 2.06. The Labute approximate surface area is 83.8 Å². The van der Waals surface area contributed by atoms with Gasteiger partial charge in [-0.2, -0.15) is 0 Å². The van der Waals surface area contributed by atoms with Crippen LogP contribution in [-0.4, -0.2) is 24.8 Å². The highest BCUT2D eigenvalue weighted by Crippen LogP contribution is 2.04. The molecule has 0 aromatic carbocycles. The number of halogens is 1. The maximum atomic E-state index is 5.48. The van der Waals surface area contributed by atoms with Crippen LogP contribution >= 0.6 is 15.9 Å². The van der Waals surface area contributed by atoms with Crippen LogP contribution in [0.4, 0.5) is 0 Å². The topological polar surface area (TPSA) is 18.5 Å². The third-order valence-corrected chi connectivity index (χ3v) is 1.82. The summed E-state index contributed by atoms with van der Waals surface area (Å²) in [5.74, 6) is 0. The van der Waals surface area contributed by atoms with Gasteiger partial charge in [0.25, 0.3) is 0 Å². The molecule has 2 nitrogen and oxygen atoms in total. The van der Waals surface area contributed by atoms with E-state index < -0.39 is 0 Å². The van der Waals surface area contributed by atoms with Crippen LogP contribution in [0, 0.1) is 0 Å². The number of rotatable bonds is 8. The van der Waals surface area contributed by atoms with Crippen molar-refractivity contribution in [3.8, 4) is 0 Å². The summed E-state index contributed by atoms with van der Waals surface area (Å²) in [5.41, 5.74) is 0. The van der Waals surface area contributed by atoms with Crippen LogP contribution in [-0.2, 0) is 9.47 Å². The summed E-state index contributed by atoms with van der Waals surface area (Å²) in [6.07, 6.45) is 3.02. The van der Waals surface area contributed by atoms with Gasteiger partial charge >= 0.3 is 0 Å². The molecule has 0 fully saturated rings. The van der Waals surface area contributed by atoms with Crippen molar-refractivity contribution in [2.75, 3.05) is 18.5 Å². The molecule has 0 radical (unpaired) electrons. The first-order chi connectivity index (χ1) is 5.85. The minimum atomic E-state index is -0.00993. The van der Waals surface area contributed by atoms with Gasteiger partial charge in [-0.25, -0.2) is 0 Å². The van der Waals surface area contributed by atoms with Crippen molar-refractivity contribution in [1.82, 2.24) is 0 Å². The van der Waals surface area contributed by atoms with E-state index in [0.29, 0.717) is 0 Å². The number of ether oxygens (including phenoxy) is 2. The lowest BCUT2D eigenvalue weighted by Crippen LogP contribution is -2.18. The molecule has 0 aliphatic heterocycles. The molecule has 0 spiro atoms. The van der Waals surface area contributed by atoms with Crippen LogP contribution in [0.5, 0.6) is 0 Å². The zero-order chi connectivity index (χ0) is 9.23. The summed E-state index contributed by atoms with van der Waals surface area (Å²) >= 11 is 3.37. The monoisotopic (exact) mass is 238 g/mol. The molecule has 0 N–H and O–H groups in total. The molecule has 0 aliphatic rings. The van der Waals surface area contributed by atoms with Gasteiger partial charge in [0.2, 0.25) is 0 Å². The van der Waals surface area contributed by atoms with E-state index in [1.807, 2.05) is 0 Å². The zero-order valence-electron chi connectivity index (χ0n) is 8.01. The van der Waals surface area contributed by atoms with Gasteiger partial charge in [-0.1, -0.05) is 29.8 Å². The molecule has 0 unspecified atom stereocenters. The van der Waals surface area contributed by atoms with Crippen LogP contribution in [0.1, 0.15) is 33.1 Å². The zero-order valence-corrected chi connectivity index (χ0v) is 9.60. The largest absolute Gasteiger partial charge is 0.353 e. The molecule has 0 saturated heterocycles. The lowest BCUT2D eigenvalue weighted by Gasteiger charge is -2.16. The van der Waals surface area contributed by atoms with E-state index >= 15 is 0 Å². The van der Waals surface area contributed by atoms with E-state index in [0.717, 1.165) is 37.8 Å². The average molecular weight is 239 g/mol. The maximum Gasteiger partial charge on any atom is 0.158 e. The molecule has 0 heterocycles. The van der Waals surface area contributed by atoms with Crippen molar-refractivity contribution in [3.05, 3.63) is 0 Å². The SMILES string of the molecule is CCCOC(CCBr)OCCC. The number of hydrogen-bond donors (Lipinski definition) is 0. The number of hydrogen-bond acceptors (Lipinski definition) is 2. The Morgan fingerprint density at radius 1 is 1.08 bits per heavy atom. The molecule has 12 heavy (non-hydrogen) atoms. The fraction of sp³-hybridized carbons (Fsp3) is 1.00. The molecule has 0 aromatic rings. The highest BCUT2D eigenvalue weighted by atomic mass is 79.9. The van der Waals surface area contributed by atoms with Gasteiger partial charge in [0, 0.05) is 25.0 Å². The van der Waals surface area contributed by atoms with E-state index in [1.165, 1.54) is 0 Å². The van der Waals surface area contributed by atoms with Crippen LogP contribution in [0.15, 0.2) is 0 Å². The van der Waals surface area contributed by atoms with Crippen molar-refractivity contribution in [1.29, 1.82) is 0 Å². The minimum Gasteiger partial charge on any atom is -0.353 e. The second-order valence-corrected chi connectivity index (χ2v) is 3.44.